The normalized spacial score (nSPS) is 26.2. The van der Waals surface area contributed by atoms with Gasteiger partial charge in [-0.25, -0.2) is 0 Å². The predicted molar refractivity (Wildman–Crippen MR) is 60.3 cm³/mol. The molecule has 0 aromatic carbocycles. The molecule has 1 rings (SSSR count). The fourth-order valence-corrected chi connectivity index (χ4v) is 2.28. The third-order valence-corrected chi connectivity index (χ3v) is 3.01. The Labute approximate surface area is 104 Å². The summed E-state index contributed by atoms with van der Waals surface area (Å²) >= 11 is 0. The molecule has 1 aliphatic rings. The van der Waals surface area contributed by atoms with Crippen molar-refractivity contribution in [2.75, 3.05) is 26.2 Å². The first-order valence-corrected chi connectivity index (χ1v) is 6.07. The first-order chi connectivity index (χ1) is 8.31. The molecule has 0 amide bonds. The molecule has 1 aliphatic heterocycles. The van der Waals surface area contributed by atoms with Gasteiger partial charge in [-0.05, 0) is 19.4 Å². The van der Waals surface area contributed by atoms with Gasteiger partial charge >= 0.3 is 12.1 Å². The number of hydrogen-bond donors (Lipinski definition) is 2. The molecule has 4 nitrogen and oxygen atoms in total. The Morgan fingerprint density at radius 1 is 1.44 bits per heavy atom. The summed E-state index contributed by atoms with van der Waals surface area (Å²) in [4.78, 5) is 12.9. The van der Waals surface area contributed by atoms with Gasteiger partial charge in [0.2, 0.25) is 0 Å². The zero-order chi connectivity index (χ0) is 13.8. The quantitative estimate of drug-likeness (QED) is 0.789. The second-order valence-electron chi connectivity index (χ2n) is 4.72. The van der Waals surface area contributed by atoms with Crippen LogP contribution in [0, 0.1) is 5.92 Å². The third-order valence-electron chi connectivity index (χ3n) is 3.01. The van der Waals surface area contributed by atoms with Crippen LogP contribution in [0.15, 0.2) is 0 Å². The summed E-state index contributed by atoms with van der Waals surface area (Å²) < 4.78 is 36.4. The molecule has 7 heteroatoms. The largest absolute Gasteiger partial charge is 0.481 e. The lowest BCUT2D eigenvalue weighted by molar-refractivity contribution is -0.144. The number of carboxylic acids is 1. The van der Waals surface area contributed by atoms with Crippen LogP contribution >= 0.6 is 0 Å². The topological polar surface area (TPSA) is 52.6 Å². The number of hydrogen-bond acceptors (Lipinski definition) is 3. The molecule has 0 aromatic rings. The van der Waals surface area contributed by atoms with Gasteiger partial charge in [0.25, 0.3) is 0 Å². The van der Waals surface area contributed by atoms with E-state index in [1.54, 1.807) is 0 Å². The molecule has 0 saturated carbocycles. The summed E-state index contributed by atoms with van der Waals surface area (Å²) in [5.74, 6) is -1.52. The molecule has 2 atom stereocenters. The summed E-state index contributed by atoms with van der Waals surface area (Å²) in [6, 6.07) is -0.409. The van der Waals surface area contributed by atoms with Crippen LogP contribution in [0.3, 0.4) is 0 Å². The highest BCUT2D eigenvalue weighted by Gasteiger charge is 2.34. The number of halogens is 3. The molecule has 0 radical (unpaired) electrons. The standard InChI is InChI=1S/C11H19F3N2O2/c1-2-3-16-5-8(10(17)18)4-9(6-16)15-7-11(12,13)14/h8-9,15H,2-7H2,1H3,(H,17,18). The zero-order valence-corrected chi connectivity index (χ0v) is 10.3. The Bertz CT molecular complexity index is 284. The lowest BCUT2D eigenvalue weighted by Gasteiger charge is -2.36. The number of carbonyl (C=O) groups is 1. The lowest BCUT2D eigenvalue weighted by atomic mass is 9.94. The minimum Gasteiger partial charge on any atom is -0.481 e. The monoisotopic (exact) mass is 268 g/mol. The molecular weight excluding hydrogens is 249 g/mol. The SMILES string of the molecule is CCCN1CC(NCC(F)(F)F)CC(C(=O)O)C1. The molecule has 0 spiro atoms. The Morgan fingerprint density at radius 3 is 2.61 bits per heavy atom. The van der Waals surface area contributed by atoms with Crippen molar-refractivity contribution in [2.45, 2.75) is 32.0 Å². The van der Waals surface area contributed by atoms with Crippen LogP contribution in [0.4, 0.5) is 13.2 Å². The molecule has 0 bridgehead atoms. The van der Waals surface area contributed by atoms with E-state index in [1.807, 2.05) is 11.8 Å². The summed E-state index contributed by atoms with van der Waals surface area (Å²) in [6.45, 7) is 2.52. The summed E-state index contributed by atoms with van der Waals surface area (Å²) in [6.07, 6.45) is -3.14. The highest BCUT2D eigenvalue weighted by Crippen LogP contribution is 2.19. The molecule has 0 aliphatic carbocycles. The zero-order valence-electron chi connectivity index (χ0n) is 10.3. The van der Waals surface area contributed by atoms with Gasteiger partial charge in [-0.2, -0.15) is 13.2 Å². The van der Waals surface area contributed by atoms with E-state index in [9.17, 15) is 18.0 Å². The molecule has 1 fully saturated rings. The van der Waals surface area contributed by atoms with E-state index in [2.05, 4.69) is 5.32 Å². The summed E-state index contributed by atoms with van der Waals surface area (Å²) in [5.41, 5.74) is 0. The van der Waals surface area contributed by atoms with E-state index in [0.717, 1.165) is 6.42 Å². The van der Waals surface area contributed by atoms with Crippen LogP contribution in [0.25, 0.3) is 0 Å². The highest BCUT2D eigenvalue weighted by molar-refractivity contribution is 5.70. The van der Waals surface area contributed by atoms with Crippen LogP contribution in [0.5, 0.6) is 0 Å². The maximum Gasteiger partial charge on any atom is 0.401 e. The molecule has 1 saturated heterocycles. The number of likely N-dealkylation sites (tertiary alicyclic amines) is 1. The number of nitrogens with zero attached hydrogens (tertiary/aromatic N) is 1. The van der Waals surface area contributed by atoms with Gasteiger partial charge in [-0.15, -0.1) is 0 Å². The van der Waals surface area contributed by atoms with Crippen molar-refractivity contribution in [1.29, 1.82) is 0 Å². The van der Waals surface area contributed by atoms with Gasteiger partial charge in [0.15, 0.2) is 0 Å². The van der Waals surface area contributed by atoms with Crippen molar-refractivity contribution in [3.05, 3.63) is 0 Å². The van der Waals surface area contributed by atoms with Crippen LogP contribution in [-0.2, 0) is 4.79 Å². The van der Waals surface area contributed by atoms with Crippen molar-refractivity contribution >= 4 is 5.97 Å². The van der Waals surface area contributed by atoms with Gasteiger partial charge < -0.3 is 15.3 Å². The third kappa shape index (κ3) is 5.22. The number of piperidine rings is 1. The fraction of sp³-hybridized carbons (Fsp3) is 0.909. The molecule has 2 unspecified atom stereocenters. The van der Waals surface area contributed by atoms with Crippen molar-refractivity contribution in [2.24, 2.45) is 5.92 Å². The Kier molecular flexibility index (Phi) is 5.40. The van der Waals surface area contributed by atoms with E-state index >= 15 is 0 Å². The van der Waals surface area contributed by atoms with Crippen LogP contribution in [0.2, 0.25) is 0 Å². The number of rotatable bonds is 5. The second kappa shape index (κ2) is 6.38. The number of nitrogens with one attached hydrogen (secondary N) is 1. The lowest BCUT2D eigenvalue weighted by Crippen LogP contribution is -2.52. The van der Waals surface area contributed by atoms with Gasteiger partial charge in [0.05, 0.1) is 12.5 Å². The van der Waals surface area contributed by atoms with E-state index in [0.29, 0.717) is 19.6 Å². The first kappa shape index (κ1) is 15.2. The van der Waals surface area contributed by atoms with Crippen molar-refractivity contribution < 1.29 is 23.1 Å². The van der Waals surface area contributed by atoms with Crippen molar-refractivity contribution in [3.8, 4) is 0 Å². The maximum atomic E-state index is 12.1. The van der Waals surface area contributed by atoms with E-state index in [4.69, 9.17) is 5.11 Å². The number of carboxylic acid groups (broad SMARTS) is 1. The first-order valence-electron chi connectivity index (χ1n) is 6.07. The minimum absolute atomic E-state index is 0.256. The Hall–Kier alpha value is -0.820. The number of aliphatic carboxylic acids is 1. The van der Waals surface area contributed by atoms with Crippen LogP contribution in [-0.4, -0.2) is 54.4 Å². The maximum absolute atomic E-state index is 12.1. The van der Waals surface area contributed by atoms with E-state index in [1.165, 1.54) is 0 Å². The molecule has 0 aromatic heterocycles. The van der Waals surface area contributed by atoms with Gasteiger partial charge in [0.1, 0.15) is 0 Å². The van der Waals surface area contributed by atoms with Crippen LogP contribution < -0.4 is 5.32 Å². The van der Waals surface area contributed by atoms with Crippen molar-refractivity contribution in [3.63, 3.8) is 0 Å². The van der Waals surface area contributed by atoms with Gasteiger partial charge in [-0.1, -0.05) is 6.92 Å². The van der Waals surface area contributed by atoms with Crippen LogP contribution in [0.1, 0.15) is 19.8 Å². The average Bonchev–Trinajstić information content (AvgIpc) is 2.25. The fourth-order valence-electron chi connectivity index (χ4n) is 2.28. The molecule has 106 valence electrons. The Morgan fingerprint density at radius 2 is 2.11 bits per heavy atom. The van der Waals surface area contributed by atoms with E-state index < -0.39 is 30.7 Å². The smallest absolute Gasteiger partial charge is 0.401 e. The van der Waals surface area contributed by atoms with E-state index in [-0.39, 0.29) is 6.42 Å². The Balaban J connectivity index is 2.53. The second-order valence-corrected chi connectivity index (χ2v) is 4.72. The molecular formula is C11H19F3N2O2. The summed E-state index contributed by atoms with van der Waals surface area (Å²) in [7, 11) is 0. The summed E-state index contributed by atoms with van der Waals surface area (Å²) in [5, 5.41) is 11.4. The molecule has 2 N–H and O–H groups in total. The molecule has 1 heterocycles. The van der Waals surface area contributed by atoms with Gasteiger partial charge in [-0.3, -0.25) is 4.79 Å². The average molecular weight is 268 g/mol. The predicted octanol–water partition coefficient (Wildman–Crippen LogP) is 1.32. The molecule has 18 heavy (non-hydrogen) atoms. The van der Waals surface area contributed by atoms with Gasteiger partial charge in [0, 0.05) is 19.1 Å². The minimum atomic E-state index is -4.26. The van der Waals surface area contributed by atoms with Crippen molar-refractivity contribution in [1.82, 2.24) is 10.2 Å². The number of alkyl halides is 3. The highest BCUT2D eigenvalue weighted by atomic mass is 19.4.